The van der Waals surface area contributed by atoms with Crippen LogP contribution < -0.4 is 5.32 Å². The van der Waals surface area contributed by atoms with E-state index in [1.54, 1.807) is 0 Å². The summed E-state index contributed by atoms with van der Waals surface area (Å²) in [6.07, 6.45) is 12.2. The molecular weight excluding hydrogens is 374 g/mol. The summed E-state index contributed by atoms with van der Waals surface area (Å²) in [5.74, 6) is 0. The number of halogens is 1. The third-order valence-corrected chi connectivity index (χ3v) is 5.10. The van der Waals surface area contributed by atoms with Crippen molar-refractivity contribution in [1.29, 1.82) is 0 Å². The van der Waals surface area contributed by atoms with Crippen molar-refractivity contribution in [2.45, 2.75) is 38.5 Å². The molecule has 0 heterocycles. The van der Waals surface area contributed by atoms with E-state index in [0.717, 1.165) is 70.4 Å². The molecule has 1 aliphatic rings. The van der Waals surface area contributed by atoms with E-state index >= 15 is 0 Å². The van der Waals surface area contributed by atoms with Crippen molar-refractivity contribution < 1.29 is 14.9 Å². The molecule has 0 aromatic heterocycles. The molecule has 1 unspecified atom stereocenters. The number of aryl methyl sites for hydroxylation is 1. The molecule has 1 aliphatic carbocycles. The first-order chi connectivity index (χ1) is 13.3. The summed E-state index contributed by atoms with van der Waals surface area (Å²) in [6, 6.07) is 10.5. The highest BCUT2D eigenvalue weighted by atomic mass is 35.5. The fraction of sp³-hybridized carbons (Fsp3) is 0.565. The predicted octanol–water partition coefficient (Wildman–Crippen LogP) is 3.67. The van der Waals surface area contributed by atoms with Crippen LogP contribution in [-0.4, -0.2) is 49.7 Å². The number of hydrogen-bond acceptors (Lipinski definition) is 4. The highest BCUT2D eigenvalue weighted by molar-refractivity contribution is 5.85. The zero-order valence-corrected chi connectivity index (χ0v) is 17.6. The smallest absolute Gasteiger partial charge is 0.0645 e. The Morgan fingerprint density at radius 3 is 2.54 bits per heavy atom. The lowest BCUT2D eigenvalue weighted by molar-refractivity contribution is 0.127. The maximum atomic E-state index is 9.75. The van der Waals surface area contributed by atoms with E-state index in [9.17, 15) is 10.2 Å². The number of aliphatic hydroxyl groups is 2. The molecule has 4 nitrogen and oxygen atoms in total. The molecule has 0 spiro atoms. The molecule has 5 heteroatoms. The maximum absolute atomic E-state index is 9.75. The second-order valence-corrected chi connectivity index (χ2v) is 7.48. The molecule has 28 heavy (non-hydrogen) atoms. The molecule has 1 aromatic carbocycles. The Morgan fingerprint density at radius 1 is 1.00 bits per heavy atom. The highest BCUT2D eigenvalue weighted by Gasteiger charge is 2.28. The second-order valence-electron chi connectivity index (χ2n) is 7.48. The normalized spacial score (nSPS) is 18.6. The number of rotatable bonds is 14. The number of benzene rings is 1. The standard InChI is InChI=1S/C23H35NO3.ClH/c25-18-22-11-7-13-23(17-22,20-26)19-24-14-5-2-6-15-27-16-8-12-21-9-3-1-4-10-21;/h1,3-4,7,9-11,13,24-26H,2,5-6,8,12,14-20H2;1H. The monoisotopic (exact) mass is 409 g/mol. The summed E-state index contributed by atoms with van der Waals surface area (Å²) in [7, 11) is 0. The van der Waals surface area contributed by atoms with Gasteiger partial charge in [-0.2, -0.15) is 0 Å². The molecule has 0 bridgehead atoms. The third-order valence-electron chi connectivity index (χ3n) is 5.10. The quantitative estimate of drug-likeness (QED) is 0.410. The predicted molar refractivity (Wildman–Crippen MR) is 118 cm³/mol. The molecule has 0 amide bonds. The Labute approximate surface area is 176 Å². The van der Waals surface area contributed by atoms with Gasteiger partial charge in [-0.15, -0.1) is 12.4 Å². The molecule has 3 N–H and O–H groups in total. The number of hydrogen-bond donors (Lipinski definition) is 3. The molecule has 0 saturated carbocycles. The van der Waals surface area contributed by atoms with Gasteiger partial charge in [-0.25, -0.2) is 0 Å². The Kier molecular flexibility index (Phi) is 13.1. The summed E-state index contributed by atoms with van der Waals surface area (Å²) in [5, 5.41) is 22.5. The Bertz CT molecular complexity index is 576. The van der Waals surface area contributed by atoms with Gasteiger partial charge in [0.15, 0.2) is 0 Å². The van der Waals surface area contributed by atoms with Crippen molar-refractivity contribution in [3.8, 4) is 0 Å². The van der Waals surface area contributed by atoms with Gasteiger partial charge >= 0.3 is 0 Å². The molecule has 0 aliphatic heterocycles. The average Bonchev–Trinajstić information content (AvgIpc) is 2.73. The van der Waals surface area contributed by atoms with Crippen LogP contribution in [0, 0.1) is 5.41 Å². The Balaban J connectivity index is 0.00000392. The van der Waals surface area contributed by atoms with Crippen LogP contribution in [0.15, 0.2) is 54.1 Å². The van der Waals surface area contributed by atoms with Crippen LogP contribution in [0.4, 0.5) is 0 Å². The zero-order chi connectivity index (χ0) is 19.2. The minimum Gasteiger partial charge on any atom is -0.395 e. The van der Waals surface area contributed by atoms with Crippen LogP contribution in [0.1, 0.15) is 37.7 Å². The van der Waals surface area contributed by atoms with Gasteiger partial charge in [-0.3, -0.25) is 0 Å². The lowest BCUT2D eigenvalue weighted by Gasteiger charge is -2.32. The van der Waals surface area contributed by atoms with Crippen LogP contribution in [-0.2, 0) is 11.2 Å². The first-order valence-electron chi connectivity index (χ1n) is 10.2. The topological polar surface area (TPSA) is 61.7 Å². The van der Waals surface area contributed by atoms with Crippen molar-refractivity contribution in [3.05, 3.63) is 59.7 Å². The van der Waals surface area contributed by atoms with Crippen LogP contribution >= 0.6 is 12.4 Å². The summed E-state index contributed by atoms with van der Waals surface area (Å²) in [6.45, 7) is 3.53. The van der Waals surface area contributed by atoms with Gasteiger partial charge in [0, 0.05) is 25.2 Å². The molecule has 158 valence electrons. The zero-order valence-electron chi connectivity index (χ0n) is 16.8. The molecular formula is C23H36ClNO3. The van der Waals surface area contributed by atoms with E-state index in [0.29, 0.717) is 0 Å². The van der Waals surface area contributed by atoms with Crippen LogP contribution in [0.3, 0.4) is 0 Å². The number of nitrogens with one attached hydrogen (secondary N) is 1. The first kappa shape index (κ1) is 24.9. The van der Waals surface area contributed by atoms with Gasteiger partial charge in [-0.1, -0.05) is 48.6 Å². The van der Waals surface area contributed by atoms with E-state index in [1.807, 2.05) is 18.2 Å². The van der Waals surface area contributed by atoms with Crippen molar-refractivity contribution in [3.63, 3.8) is 0 Å². The largest absolute Gasteiger partial charge is 0.395 e. The third kappa shape index (κ3) is 9.35. The SMILES string of the molecule is Cl.OCC1=CC=CC(CO)(CNCCCCCOCCCc2ccccc2)C1. The summed E-state index contributed by atoms with van der Waals surface area (Å²) >= 11 is 0. The lowest BCUT2D eigenvalue weighted by Crippen LogP contribution is -2.37. The number of unbranched alkanes of at least 4 members (excludes halogenated alkanes) is 2. The second kappa shape index (κ2) is 14.8. The van der Waals surface area contributed by atoms with E-state index < -0.39 is 0 Å². The maximum Gasteiger partial charge on any atom is 0.0645 e. The van der Waals surface area contributed by atoms with Crippen LogP contribution in [0.5, 0.6) is 0 Å². The summed E-state index contributed by atoms with van der Waals surface area (Å²) in [5.41, 5.74) is 2.09. The molecule has 1 atom stereocenters. The van der Waals surface area contributed by atoms with E-state index in [1.165, 1.54) is 5.56 Å². The molecule has 2 rings (SSSR count). The molecule has 0 fully saturated rings. The number of aliphatic hydroxyl groups excluding tert-OH is 2. The van der Waals surface area contributed by atoms with E-state index in [4.69, 9.17) is 4.74 Å². The fourth-order valence-electron chi connectivity index (χ4n) is 3.45. The van der Waals surface area contributed by atoms with E-state index in [-0.39, 0.29) is 31.0 Å². The van der Waals surface area contributed by atoms with Gasteiger partial charge in [-0.05, 0) is 56.2 Å². The number of allylic oxidation sites excluding steroid dienone is 2. The average molecular weight is 410 g/mol. The molecule has 1 aromatic rings. The van der Waals surface area contributed by atoms with Crippen molar-refractivity contribution in [2.24, 2.45) is 5.41 Å². The van der Waals surface area contributed by atoms with Gasteiger partial charge in [0.1, 0.15) is 0 Å². The molecule has 0 saturated heterocycles. The van der Waals surface area contributed by atoms with Crippen molar-refractivity contribution >= 4 is 12.4 Å². The van der Waals surface area contributed by atoms with Crippen molar-refractivity contribution in [2.75, 3.05) is 39.5 Å². The first-order valence-corrected chi connectivity index (χ1v) is 10.2. The number of ether oxygens (including phenoxy) is 1. The minimum absolute atomic E-state index is 0. The van der Waals surface area contributed by atoms with Gasteiger partial charge in [0.05, 0.1) is 13.2 Å². The van der Waals surface area contributed by atoms with Gasteiger partial charge in [0.25, 0.3) is 0 Å². The van der Waals surface area contributed by atoms with Crippen molar-refractivity contribution in [1.82, 2.24) is 5.32 Å². The summed E-state index contributed by atoms with van der Waals surface area (Å²) < 4.78 is 5.72. The lowest BCUT2D eigenvalue weighted by atomic mass is 9.79. The van der Waals surface area contributed by atoms with Gasteiger partial charge in [0.2, 0.25) is 0 Å². The molecule has 0 radical (unpaired) electrons. The van der Waals surface area contributed by atoms with Gasteiger partial charge < -0.3 is 20.3 Å². The minimum atomic E-state index is -0.269. The fourth-order valence-corrected chi connectivity index (χ4v) is 3.45. The van der Waals surface area contributed by atoms with E-state index in [2.05, 4.69) is 35.7 Å². The Morgan fingerprint density at radius 2 is 1.79 bits per heavy atom. The summed E-state index contributed by atoms with van der Waals surface area (Å²) in [4.78, 5) is 0. The highest BCUT2D eigenvalue weighted by Crippen LogP contribution is 2.30. The van der Waals surface area contributed by atoms with Crippen LogP contribution in [0.25, 0.3) is 0 Å². The van der Waals surface area contributed by atoms with Crippen LogP contribution in [0.2, 0.25) is 0 Å². The Hall–Kier alpha value is -1.17.